The molecule has 1 N–H and O–H groups in total. The Hall–Kier alpha value is -1.16. The summed E-state index contributed by atoms with van der Waals surface area (Å²) in [5.41, 5.74) is 1.11. The van der Waals surface area contributed by atoms with Gasteiger partial charge < -0.3 is 5.11 Å². The Morgan fingerprint density at radius 1 is 1.67 bits per heavy atom. The molecule has 0 aliphatic rings. The van der Waals surface area contributed by atoms with Crippen LogP contribution in [-0.2, 0) is 17.6 Å². The minimum Gasteiger partial charge on any atom is -0.478 e. The van der Waals surface area contributed by atoms with Crippen LogP contribution in [0, 0.1) is 5.92 Å². The van der Waals surface area contributed by atoms with E-state index >= 15 is 0 Å². The van der Waals surface area contributed by atoms with Gasteiger partial charge in [0.1, 0.15) is 0 Å². The van der Waals surface area contributed by atoms with Gasteiger partial charge in [0.2, 0.25) is 0 Å². The molecule has 1 aromatic rings. The largest absolute Gasteiger partial charge is 0.478 e. The first-order valence-corrected chi connectivity index (χ1v) is 5.78. The van der Waals surface area contributed by atoms with Gasteiger partial charge >= 0.3 is 5.97 Å². The number of aliphatic carboxylic acids is 1. The maximum Gasteiger partial charge on any atom is 0.327 e. The highest BCUT2D eigenvalue weighted by Gasteiger charge is 2.02. The lowest BCUT2D eigenvalue weighted by atomic mass is 10.1. The molecule has 0 atom stereocenters. The van der Waals surface area contributed by atoms with E-state index in [2.05, 4.69) is 18.8 Å². The number of nitrogens with zero attached hydrogens (tertiary/aromatic N) is 1. The van der Waals surface area contributed by atoms with Crippen LogP contribution >= 0.6 is 11.3 Å². The third kappa shape index (κ3) is 4.74. The maximum absolute atomic E-state index is 10.2. The van der Waals surface area contributed by atoms with Crippen molar-refractivity contribution in [3.63, 3.8) is 0 Å². The van der Waals surface area contributed by atoms with Crippen LogP contribution in [0.4, 0.5) is 0 Å². The molecule has 1 heterocycles. The summed E-state index contributed by atoms with van der Waals surface area (Å²) in [4.78, 5) is 14.7. The summed E-state index contributed by atoms with van der Waals surface area (Å²) in [5.74, 6) is -0.302. The summed E-state index contributed by atoms with van der Waals surface area (Å²) < 4.78 is 0. The van der Waals surface area contributed by atoms with Crippen molar-refractivity contribution in [3.05, 3.63) is 28.2 Å². The molecule has 0 bridgehead atoms. The predicted molar refractivity (Wildman–Crippen MR) is 61.1 cm³/mol. The summed E-state index contributed by atoms with van der Waals surface area (Å²) in [6.45, 7) is 4.31. The van der Waals surface area contributed by atoms with Crippen LogP contribution in [0.2, 0.25) is 0 Å². The molecular formula is C11H15NO2S. The number of thiazole rings is 1. The highest BCUT2D eigenvalue weighted by molar-refractivity contribution is 7.09. The Bertz CT molecular complexity index is 355. The Balaban J connectivity index is 2.49. The maximum atomic E-state index is 10.2. The summed E-state index contributed by atoms with van der Waals surface area (Å²) in [7, 11) is 0. The van der Waals surface area contributed by atoms with Crippen molar-refractivity contribution in [1.82, 2.24) is 4.98 Å². The van der Waals surface area contributed by atoms with Gasteiger partial charge in [0.05, 0.1) is 10.7 Å². The van der Waals surface area contributed by atoms with Crippen molar-refractivity contribution in [1.29, 1.82) is 0 Å². The van der Waals surface area contributed by atoms with Gasteiger partial charge in [-0.2, -0.15) is 0 Å². The molecule has 0 saturated heterocycles. The van der Waals surface area contributed by atoms with Gasteiger partial charge in [0.25, 0.3) is 0 Å². The molecule has 0 unspecified atom stereocenters. The SMILES string of the molecule is CC(C)Cc1csc(C/C=C/C(=O)O)n1. The van der Waals surface area contributed by atoms with E-state index in [1.165, 1.54) is 0 Å². The number of carbonyl (C=O) groups is 1. The van der Waals surface area contributed by atoms with E-state index in [-0.39, 0.29) is 0 Å². The molecule has 15 heavy (non-hydrogen) atoms. The van der Waals surface area contributed by atoms with Crippen LogP contribution in [0.1, 0.15) is 24.5 Å². The first kappa shape index (κ1) is 11.9. The van der Waals surface area contributed by atoms with Crippen LogP contribution in [0.3, 0.4) is 0 Å². The monoisotopic (exact) mass is 225 g/mol. The Kier molecular flexibility index (Phi) is 4.49. The molecule has 1 aromatic heterocycles. The number of carboxylic acids is 1. The van der Waals surface area contributed by atoms with Crippen LogP contribution < -0.4 is 0 Å². The van der Waals surface area contributed by atoms with Gasteiger partial charge in [-0.1, -0.05) is 19.9 Å². The minimum absolute atomic E-state index is 0.606. The standard InChI is InChI=1S/C11H15NO2S/c1-8(2)6-9-7-15-10(12-9)4-3-5-11(13)14/h3,5,7-8H,4,6H2,1-2H3,(H,13,14)/b5-3+. The molecule has 0 aromatic carbocycles. The van der Waals surface area contributed by atoms with Gasteiger partial charge in [-0.15, -0.1) is 11.3 Å². The van der Waals surface area contributed by atoms with Crippen molar-refractivity contribution < 1.29 is 9.90 Å². The van der Waals surface area contributed by atoms with Gasteiger partial charge in [-0.25, -0.2) is 9.78 Å². The van der Waals surface area contributed by atoms with Crippen molar-refractivity contribution >= 4 is 17.3 Å². The van der Waals surface area contributed by atoms with E-state index in [4.69, 9.17) is 5.11 Å². The number of allylic oxidation sites excluding steroid dienone is 1. The second-order valence-electron chi connectivity index (χ2n) is 3.78. The fourth-order valence-electron chi connectivity index (χ4n) is 1.22. The molecule has 0 spiro atoms. The first-order valence-electron chi connectivity index (χ1n) is 4.90. The van der Waals surface area contributed by atoms with Crippen LogP contribution in [0.15, 0.2) is 17.5 Å². The minimum atomic E-state index is -0.908. The molecular weight excluding hydrogens is 210 g/mol. The average molecular weight is 225 g/mol. The van der Waals surface area contributed by atoms with Crippen LogP contribution in [0.5, 0.6) is 0 Å². The van der Waals surface area contributed by atoms with E-state index in [1.807, 2.05) is 5.38 Å². The Labute approximate surface area is 93.5 Å². The predicted octanol–water partition coefficient (Wildman–Crippen LogP) is 2.52. The van der Waals surface area contributed by atoms with Crippen molar-refractivity contribution in [3.8, 4) is 0 Å². The van der Waals surface area contributed by atoms with Crippen molar-refractivity contribution in [2.24, 2.45) is 5.92 Å². The number of hydrogen-bond acceptors (Lipinski definition) is 3. The average Bonchev–Trinajstić information content (AvgIpc) is 2.50. The van der Waals surface area contributed by atoms with Gasteiger partial charge in [0, 0.05) is 17.9 Å². The van der Waals surface area contributed by atoms with Gasteiger partial charge in [-0.05, 0) is 12.3 Å². The van der Waals surface area contributed by atoms with Crippen LogP contribution in [-0.4, -0.2) is 16.1 Å². The number of carboxylic acid groups (broad SMARTS) is 1. The van der Waals surface area contributed by atoms with Crippen LogP contribution in [0.25, 0.3) is 0 Å². The molecule has 1 rings (SSSR count). The fraction of sp³-hybridized carbons (Fsp3) is 0.455. The Morgan fingerprint density at radius 2 is 2.40 bits per heavy atom. The third-order valence-electron chi connectivity index (χ3n) is 1.77. The molecule has 0 saturated carbocycles. The summed E-state index contributed by atoms with van der Waals surface area (Å²) in [5, 5.41) is 11.4. The summed E-state index contributed by atoms with van der Waals surface area (Å²) in [6.07, 6.45) is 4.37. The van der Waals surface area contributed by atoms with Crippen molar-refractivity contribution in [2.75, 3.05) is 0 Å². The topological polar surface area (TPSA) is 50.2 Å². The second kappa shape index (κ2) is 5.66. The second-order valence-corrected chi connectivity index (χ2v) is 4.72. The fourth-order valence-corrected chi connectivity index (χ4v) is 2.00. The summed E-state index contributed by atoms with van der Waals surface area (Å²) >= 11 is 1.59. The number of rotatable bonds is 5. The molecule has 0 aliphatic heterocycles. The summed E-state index contributed by atoms with van der Waals surface area (Å²) in [6, 6.07) is 0. The molecule has 3 nitrogen and oxygen atoms in total. The molecule has 82 valence electrons. The van der Waals surface area contributed by atoms with E-state index in [0.717, 1.165) is 23.2 Å². The van der Waals surface area contributed by atoms with Gasteiger partial charge in [-0.3, -0.25) is 0 Å². The smallest absolute Gasteiger partial charge is 0.327 e. The van der Waals surface area contributed by atoms with E-state index in [0.29, 0.717) is 12.3 Å². The van der Waals surface area contributed by atoms with Gasteiger partial charge in [0.15, 0.2) is 0 Å². The zero-order valence-corrected chi connectivity index (χ0v) is 9.75. The van der Waals surface area contributed by atoms with E-state index in [1.54, 1.807) is 17.4 Å². The Morgan fingerprint density at radius 3 is 3.00 bits per heavy atom. The first-order chi connectivity index (χ1) is 7.08. The zero-order chi connectivity index (χ0) is 11.3. The normalized spacial score (nSPS) is 11.4. The highest BCUT2D eigenvalue weighted by atomic mass is 32.1. The zero-order valence-electron chi connectivity index (χ0n) is 8.93. The highest BCUT2D eigenvalue weighted by Crippen LogP contribution is 2.14. The molecule has 0 radical (unpaired) electrons. The lowest BCUT2D eigenvalue weighted by Gasteiger charge is -1.98. The number of aromatic nitrogens is 1. The third-order valence-corrected chi connectivity index (χ3v) is 2.69. The lowest BCUT2D eigenvalue weighted by molar-refractivity contribution is -0.131. The molecule has 0 aliphatic carbocycles. The quantitative estimate of drug-likeness (QED) is 0.783. The number of hydrogen-bond donors (Lipinski definition) is 1. The van der Waals surface area contributed by atoms with E-state index < -0.39 is 5.97 Å². The molecule has 0 fully saturated rings. The molecule has 4 heteroatoms. The van der Waals surface area contributed by atoms with E-state index in [9.17, 15) is 4.79 Å². The molecule has 0 amide bonds. The van der Waals surface area contributed by atoms with Crippen molar-refractivity contribution in [2.45, 2.75) is 26.7 Å². The lowest BCUT2D eigenvalue weighted by Crippen LogP contribution is -1.94.